The number of benzene rings is 20. The molecule has 0 saturated carbocycles. The van der Waals surface area contributed by atoms with Gasteiger partial charge in [0.25, 0.3) is 0 Å². The van der Waals surface area contributed by atoms with Crippen molar-refractivity contribution in [1.82, 2.24) is 0 Å². The first kappa shape index (κ1) is 43.8. The Hall–Kier alpha value is -10.9. The van der Waals surface area contributed by atoms with Gasteiger partial charge in [-0.05, 0) is 302 Å². The zero-order valence-corrected chi connectivity index (χ0v) is 45.4. The normalized spacial score (nSPS) is 12.8. The Labute approximate surface area is 480 Å². The molecule has 0 spiro atoms. The van der Waals surface area contributed by atoms with Crippen LogP contribution in [0.25, 0.3) is 217 Å². The maximum Gasteiger partial charge on any atom is -0.00137 e. The van der Waals surface area contributed by atoms with Crippen molar-refractivity contribution in [2.45, 2.75) is 0 Å². The van der Waals surface area contributed by atoms with Gasteiger partial charge in [0.1, 0.15) is 0 Å². The topological polar surface area (TPSA) is 0 Å². The third-order valence-electron chi connectivity index (χ3n) is 20.0. The van der Waals surface area contributed by atoms with Crippen molar-refractivity contribution in [3.8, 4) is 44.5 Å². The third kappa shape index (κ3) is 5.63. The van der Waals surface area contributed by atoms with E-state index in [0.717, 1.165) is 0 Å². The second-order valence-electron chi connectivity index (χ2n) is 24.2. The van der Waals surface area contributed by atoms with Crippen molar-refractivity contribution < 1.29 is 0 Å². The van der Waals surface area contributed by atoms with Crippen molar-refractivity contribution in [2.75, 3.05) is 0 Å². The summed E-state index contributed by atoms with van der Waals surface area (Å²) in [5.74, 6) is 0. The summed E-state index contributed by atoms with van der Waals surface area (Å²) in [5.41, 5.74) is 10.9. The number of hydrogen-bond donors (Lipinski definition) is 0. The van der Waals surface area contributed by atoms with Crippen LogP contribution >= 0.6 is 0 Å². The predicted molar refractivity (Wildman–Crippen MR) is 364 cm³/mol. The van der Waals surface area contributed by atoms with Crippen LogP contribution in [0.5, 0.6) is 0 Å². The molecule has 0 aromatic heterocycles. The van der Waals surface area contributed by atoms with E-state index < -0.39 is 0 Å². The molecular formula is C84H44. The van der Waals surface area contributed by atoms with E-state index in [2.05, 4.69) is 267 Å². The van der Waals surface area contributed by atoms with Crippen molar-refractivity contribution in [3.05, 3.63) is 267 Å². The minimum Gasteiger partial charge on any atom is -0.0616 e. The maximum atomic E-state index is 2.46. The number of rotatable bonds is 0. The van der Waals surface area contributed by atoms with E-state index in [9.17, 15) is 0 Å². The molecular weight excluding hydrogens is 1010 g/mol. The van der Waals surface area contributed by atoms with Gasteiger partial charge in [0.15, 0.2) is 0 Å². The van der Waals surface area contributed by atoms with Crippen LogP contribution in [0.2, 0.25) is 0 Å². The minimum atomic E-state index is 1.29. The van der Waals surface area contributed by atoms with Crippen molar-refractivity contribution in [3.63, 3.8) is 0 Å². The Morgan fingerprint density at radius 3 is 0.690 bits per heavy atom. The summed E-state index contributed by atoms with van der Waals surface area (Å²) >= 11 is 0. The third-order valence-corrected chi connectivity index (χ3v) is 20.0. The van der Waals surface area contributed by atoms with Crippen LogP contribution < -0.4 is 0 Å². The summed E-state index contributed by atoms with van der Waals surface area (Å²) in [6.45, 7) is 0. The molecule has 0 fully saturated rings. The molecule has 380 valence electrons. The smallest absolute Gasteiger partial charge is 0.00137 e. The highest BCUT2D eigenvalue weighted by atomic mass is 14.3. The lowest BCUT2D eigenvalue weighted by molar-refractivity contribution is 1.76. The predicted octanol–water partition coefficient (Wildman–Crippen LogP) is 24.0. The van der Waals surface area contributed by atoms with E-state index in [1.54, 1.807) is 0 Å². The van der Waals surface area contributed by atoms with E-state index >= 15 is 0 Å². The Morgan fingerprint density at radius 1 is 0.107 bits per heavy atom. The zero-order valence-electron chi connectivity index (χ0n) is 45.4. The molecule has 0 heterocycles. The lowest BCUT2D eigenvalue weighted by Crippen LogP contribution is -1.86. The van der Waals surface area contributed by atoms with Gasteiger partial charge in [-0.2, -0.15) is 0 Å². The molecule has 0 bridgehead atoms. The van der Waals surface area contributed by atoms with Crippen LogP contribution in [0.1, 0.15) is 0 Å². The summed E-state index contributed by atoms with van der Waals surface area (Å²) in [6, 6.07) is 101. The van der Waals surface area contributed by atoms with Crippen LogP contribution in [0, 0.1) is 0 Å². The molecule has 2 aliphatic rings. The van der Waals surface area contributed by atoms with Crippen LogP contribution in [-0.4, -0.2) is 0 Å². The first-order chi connectivity index (χ1) is 41.6. The molecule has 0 radical (unpaired) electrons. The fraction of sp³-hybridized carbons (Fsp3) is 0. The molecule has 22 rings (SSSR count). The summed E-state index contributed by atoms with van der Waals surface area (Å²) in [7, 11) is 0. The SMILES string of the molecule is c1ccc2cc3c(cc2c1)c1ccccc1c1cc2cc4c(cc2cc13)-c1cc2cccc3ccc5ccc-4c1c5c32.c1ccc2cc3c(cc2c1)c1ccccc1c1cc2cc4c(cc2cc13)-c1ccc2ccc3cccc5cc-4c1c2c35. The molecule has 20 aromatic rings. The monoisotopic (exact) mass is 1050 g/mol. The molecule has 0 N–H and O–H groups in total. The average Bonchev–Trinajstić information content (AvgIpc) is 1.79. The van der Waals surface area contributed by atoms with Crippen LogP contribution in [0.4, 0.5) is 0 Å². The fourth-order valence-corrected chi connectivity index (χ4v) is 16.3. The highest BCUT2D eigenvalue weighted by molar-refractivity contribution is 6.36. The van der Waals surface area contributed by atoms with Gasteiger partial charge in [0.05, 0.1) is 0 Å². The van der Waals surface area contributed by atoms with Crippen LogP contribution in [-0.2, 0) is 0 Å². The second-order valence-corrected chi connectivity index (χ2v) is 24.2. The van der Waals surface area contributed by atoms with E-state index in [4.69, 9.17) is 0 Å². The van der Waals surface area contributed by atoms with Gasteiger partial charge in [0, 0.05) is 0 Å². The van der Waals surface area contributed by atoms with Gasteiger partial charge >= 0.3 is 0 Å². The van der Waals surface area contributed by atoms with Gasteiger partial charge in [0.2, 0.25) is 0 Å². The largest absolute Gasteiger partial charge is 0.0616 e. The summed E-state index contributed by atoms with van der Waals surface area (Å²) in [6.07, 6.45) is 0. The van der Waals surface area contributed by atoms with Crippen molar-refractivity contribution >= 4 is 172 Å². The number of hydrogen-bond acceptors (Lipinski definition) is 0. The van der Waals surface area contributed by atoms with Gasteiger partial charge in [-0.15, -0.1) is 0 Å². The fourth-order valence-electron chi connectivity index (χ4n) is 16.3. The molecule has 0 heteroatoms. The highest BCUT2D eigenvalue weighted by Crippen LogP contribution is 2.55. The molecule has 0 aliphatic heterocycles. The Balaban J connectivity index is 0.000000117. The van der Waals surface area contributed by atoms with Crippen molar-refractivity contribution in [1.29, 1.82) is 0 Å². The van der Waals surface area contributed by atoms with E-state index in [0.29, 0.717) is 0 Å². The first-order valence-electron chi connectivity index (χ1n) is 29.5. The van der Waals surface area contributed by atoms with Gasteiger partial charge in [-0.1, -0.05) is 182 Å². The zero-order chi connectivity index (χ0) is 54.2. The Morgan fingerprint density at radius 2 is 0.345 bits per heavy atom. The van der Waals surface area contributed by atoms with Gasteiger partial charge < -0.3 is 0 Å². The molecule has 20 aromatic carbocycles. The molecule has 0 nitrogen and oxygen atoms in total. The lowest BCUT2D eigenvalue weighted by atomic mass is 9.89. The minimum absolute atomic E-state index is 1.29. The summed E-state index contributed by atoms with van der Waals surface area (Å²) in [5, 5.41) is 42.6. The highest BCUT2D eigenvalue weighted by Gasteiger charge is 2.28. The molecule has 0 saturated heterocycles. The Bertz CT molecular complexity index is 6400. The summed E-state index contributed by atoms with van der Waals surface area (Å²) < 4.78 is 0. The lowest BCUT2D eigenvalue weighted by Gasteiger charge is -2.14. The van der Waals surface area contributed by atoms with Gasteiger partial charge in [-0.25, -0.2) is 0 Å². The first-order valence-corrected chi connectivity index (χ1v) is 29.5. The average molecular weight is 1050 g/mol. The van der Waals surface area contributed by atoms with Crippen molar-refractivity contribution in [2.24, 2.45) is 0 Å². The van der Waals surface area contributed by atoms with E-state index in [-0.39, 0.29) is 0 Å². The van der Waals surface area contributed by atoms with Crippen LogP contribution in [0.3, 0.4) is 0 Å². The molecule has 0 amide bonds. The van der Waals surface area contributed by atoms with Gasteiger partial charge in [-0.3, -0.25) is 0 Å². The standard InChI is InChI=1S/2C42H22/c1-2-7-26-17-36-33(16-25(26)6-1)30-10-3-4-11-31(30)34-19-28-22-38-35(20-29(28)21-37(34)36)32-15-14-24-13-12-23-8-5-9-27-18-39(38)42(32)41(24)40(23)27;1-2-7-26-17-36-33(16-25(26)6-1)30-10-3-4-11-31(30)34-19-28-20-35-32-15-14-24-13-12-23-8-5-9-27-18-39(42(32)41(24)40(23)27)38(35)22-29(28)21-37(34)36/h2*1-22H. The quantitative estimate of drug-likeness (QED) is 0.105. The van der Waals surface area contributed by atoms with E-state index in [1.807, 2.05) is 0 Å². The second kappa shape index (κ2) is 15.5. The van der Waals surface area contributed by atoms with E-state index in [1.165, 1.54) is 217 Å². The Kier molecular flexibility index (Phi) is 8.11. The number of fused-ring (bicyclic) bond motifs is 22. The molecule has 84 heavy (non-hydrogen) atoms. The summed E-state index contributed by atoms with van der Waals surface area (Å²) in [4.78, 5) is 0. The molecule has 2 aliphatic carbocycles. The van der Waals surface area contributed by atoms with Crippen LogP contribution in [0.15, 0.2) is 267 Å². The molecule has 0 atom stereocenters. The maximum absolute atomic E-state index is 2.46. The molecule has 0 unspecified atom stereocenters.